The van der Waals surface area contributed by atoms with E-state index in [9.17, 15) is 9.59 Å². The van der Waals surface area contributed by atoms with Crippen molar-refractivity contribution < 1.29 is 9.53 Å². The van der Waals surface area contributed by atoms with Gasteiger partial charge in [-0.3, -0.25) is 14.3 Å². The molecule has 1 saturated heterocycles. The van der Waals surface area contributed by atoms with Gasteiger partial charge in [0.25, 0.3) is 0 Å². The summed E-state index contributed by atoms with van der Waals surface area (Å²) in [6.07, 6.45) is 1.82. The van der Waals surface area contributed by atoms with Gasteiger partial charge in [-0.05, 0) is 46.7 Å². The number of carbonyl (C=O) groups excluding carboxylic acids is 1. The van der Waals surface area contributed by atoms with Crippen molar-refractivity contribution in [2.45, 2.75) is 58.7 Å². The molecule has 0 aromatic carbocycles. The first kappa shape index (κ1) is 19.7. The van der Waals surface area contributed by atoms with Crippen LogP contribution in [0.4, 0.5) is 0 Å². The molecule has 1 amide bonds. The Labute approximate surface area is 149 Å². The molecular weight excluding hydrogens is 322 g/mol. The molecule has 8 heteroatoms. The highest BCUT2D eigenvalue weighted by Crippen LogP contribution is 2.26. The number of ether oxygens (including phenoxy) is 1. The largest absolute Gasteiger partial charge is 0.383 e. The van der Waals surface area contributed by atoms with Gasteiger partial charge in [-0.2, -0.15) is 5.10 Å². The van der Waals surface area contributed by atoms with E-state index in [4.69, 9.17) is 4.74 Å². The van der Waals surface area contributed by atoms with Crippen LogP contribution in [0.25, 0.3) is 0 Å². The van der Waals surface area contributed by atoms with Crippen LogP contribution in [0.15, 0.2) is 4.79 Å². The van der Waals surface area contributed by atoms with E-state index >= 15 is 0 Å². The van der Waals surface area contributed by atoms with Crippen LogP contribution in [-0.4, -0.2) is 64.5 Å². The van der Waals surface area contributed by atoms with E-state index in [-0.39, 0.29) is 23.6 Å². The van der Waals surface area contributed by atoms with Gasteiger partial charge in [-0.15, -0.1) is 0 Å². The lowest BCUT2D eigenvalue weighted by atomic mass is 9.96. The summed E-state index contributed by atoms with van der Waals surface area (Å²) in [5.74, 6) is 1.21. The summed E-state index contributed by atoms with van der Waals surface area (Å²) in [6, 6.07) is 0.167. The van der Waals surface area contributed by atoms with Crippen LogP contribution in [0.5, 0.6) is 0 Å². The smallest absolute Gasteiger partial charge is 0.345 e. The van der Waals surface area contributed by atoms with E-state index in [0.29, 0.717) is 26.2 Å². The van der Waals surface area contributed by atoms with E-state index < -0.39 is 0 Å². The van der Waals surface area contributed by atoms with E-state index in [1.54, 1.807) is 11.7 Å². The second kappa shape index (κ2) is 9.15. The quantitative estimate of drug-likeness (QED) is 0.732. The molecule has 1 aromatic rings. The fraction of sp³-hybridized carbons (Fsp3) is 0.824. The van der Waals surface area contributed by atoms with Crippen LogP contribution in [-0.2, 0) is 22.6 Å². The predicted octanol–water partition coefficient (Wildman–Crippen LogP) is 0.415. The van der Waals surface area contributed by atoms with Crippen molar-refractivity contribution in [1.82, 2.24) is 24.6 Å². The molecule has 0 atom stereocenters. The number of likely N-dealkylation sites (tertiary alicyclic amines) is 1. The number of nitrogens with zero attached hydrogens (tertiary/aromatic N) is 4. The number of nitrogens with one attached hydrogen (secondary N) is 1. The molecular formula is C17H31N5O3. The molecule has 1 N–H and O–H groups in total. The van der Waals surface area contributed by atoms with Gasteiger partial charge in [0.2, 0.25) is 5.91 Å². The Morgan fingerprint density at radius 1 is 1.36 bits per heavy atom. The summed E-state index contributed by atoms with van der Waals surface area (Å²) in [4.78, 5) is 26.5. The molecule has 1 fully saturated rings. The SMILES string of the molecule is CCn1c(C2CCN(CC(=O)NC(C)C)CC2)nn(CCOC)c1=O. The van der Waals surface area contributed by atoms with Gasteiger partial charge in [0.05, 0.1) is 19.7 Å². The van der Waals surface area contributed by atoms with Gasteiger partial charge >= 0.3 is 5.69 Å². The van der Waals surface area contributed by atoms with E-state index in [2.05, 4.69) is 15.3 Å². The number of methoxy groups -OCH3 is 1. The molecule has 0 unspecified atom stereocenters. The molecule has 0 bridgehead atoms. The molecule has 1 aromatic heterocycles. The molecule has 2 heterocycles. The number of rotatable bonds is 8. The minimum absolute atomic E-state index is 0.0618. The number of carbonyl (C=O) groups is 1. The Balaban J connectivity index is 1.98. The van der Waals surface area contributed by atoms with Crippen molar-refractivity contribution in [3.8, 4) is 0 Å². The normalized spacial score (nSPS) is 16.5. The fourth-order valence-electron chi connectivity index (χ4n) is 3.30. The zero-order chi connectivity index (χ0) is 18.4. The van der Waals surface area contributed by atoms with Crippen molar-refractivity contribution in [1.29, 1.82) is 0 Å². The lowest BCUT2D eigenvalue weighted by Crippen LogP contribution is -2.43. The van der Waals surface area contributed by atoms with Crippen LogP contribution in [0.1, 0.15) is 45.4 Å². The molecule has 2 rings (SSSR count). The van der Waals surface area contributed by atoms with Gasteiger partial charge in [0.15, 0.2) is 0 Å². The highest BCUT2D eigenvalue weighted by atomic mass is 16.5. The minimum atomic E-state index is -0.0618. The first-order valence-electron chi connectivity index (χ1n) is 9.14. The van der Waals surface area contributed by atoms with Gasteiger partial charge < -0.3 is 10.1 Å². The zero-order valence-corrected chi connectivity index (χ0v) is 15.8. The van der Waals surface area contributed by atoms with Gasteiger partial charge in [0, 0.05) is 25.6 Å². The molecule has 0 aliphatic carbocycles. The lowest BCUT2D eigenvalue weighted by molar-refractivity contribution is -0.123. The lowest BCUT2D eigenvalue weighted by Gasteiger charge is -2.31. The van der Waals surface area contributed by atoms with Gasteiger partial charge in [-0.25, -0.2) is 9.48 Å². The van der Waals surface area contributed by atoms with Crippen molar-refractivity contribution >= 4 is 5.91 Å². The Morgan fingerprint density at radius 2 is 2.04 bits per heavy atom. The second-order valence-electron chi connectivity index (χ2n) is 6.87. The number of piperidine rings is 1. The van der Waals surface area contributed by atoms with Crippen LogP contribution in [0.2, 0.25) is 0 Å². The predicted molar refractivity (Wildman–Crippen MR) is 95.7 cm³/mol. The third kappa shape index (κ3) is 5.15. The number of aromatic nitrogens is 3. The molecule has 0 radical (unpaired) electrons. The monoisotopic (exact) mass is 353 g/mol. The molecule has 142 valence electrons. The average molecular weight is 353 g/mol. The molecule has 1 aliphatic heterocycles. The van der Waals surface area contributed by atoms with Crippen molar-refractivity contribution in [3.63, 3.8) is 0 Å². The topological polar surface area (TPSA) is 81.4 Å². The summed E-state index contributed by atoms with van der Waals surface area (Å²) in [7, 11) is 1.62. The molecule has 0 spiro atoms. The van der Waals surface area contributed by atoms with Crippen molar-refractivity contribution in [2.75, 3.05) is 33.4 Å². The minimum Gasteiger partial charge on any atom is -0.383 e. The summed E-state index contributed by atoms with van der Waals surface area (Å²) < 4.78 is 8.32. The first-order chi connectivity index (χ1) is 12.0. The first-order valence-corrected chi connectivity index (χ1v) is 9.14. The maximum Gasteiger partial charge on any atom is 0.345 e. The Morgan fingerprint density at radius 3 is 2.60 bits per heavy atom. The van der Waals surface area contributed by atoms with Gasteiger partial charge in [0.1, 0.15) is 5.82 Å². The third-order valence-corrected chi connectivity index (χ3v) is 4.54. The number of hydrogen-bond acceptors (Lipinski definition) is 5. The van der Waals surface area contributed by atoms with Crippen molar-refractivity contribution in [3.05, 3.63) is 16.3 Å². The summed E-state index contributed by atoms with van der Waals surface area (Å²) >= 11 is 0. The molecule has 8 nitrogen and oxygen atoms in total. The average Bonchev–Trinajstić information content (AvgIpc) is 2.88. The molecule has 1 aliphatic rings. The van der Waals surface area contributed by atoms with E-state index in [1.807, 2.05) is 20.8 Å². The van der Waals surface area contributed by atoms with E-state index in [1.165, 1.54) is 4.68 Å². The summed E-state index contributed by atoms with van der Waals surface area (Å²) in [5.41, 5.74) is -0.0618. The Kier molecular flexibility index (Phi) is 7.19. The fourth-order valence-corrected chi connectivity index (χ4v) is 3.30. The maximum atomic E-state index is 12.4. The number of hydrogen-bond donors (Lipinski definition) is 1. The standard InChI is InChI=1S/C17H31N5O3/c1-5-21-16(19-22(17(21)24)10-11-25-4)14-6-8-20(9-7-14)12-15(23)18-13(2)3/h13-14H,5-12H2,1-4H3,(H,18,23). The van der Waals surface area contributed by atoms with Crippen LogP contribution < -0.4 is 11.0 Å². The second-order valence-corrected chi connectivity index (χ2v) is 6.87. The van der Waals surface area contributed by atoms with Crippen molar-refractivity contribution in [2.24, 2.45) is 0 Å². The summed E-state index contributed by atoms with van der Waals surface area (Å²) in [5, 5.41) is 7.48. The summed E-state index contributed by atoms with van der Waals surface area (Å²) in [6.45, 7) is 9.61. The number of amides is 1. The van der Waals surface area contributed by atoms with Crippen LogP contribution >= 0.6 is 0 Å². The molecule has 0 saturated carbocycles. The zero-order valence-electron chi connectivity index (χ0n) is 15.8. The highest BCUT2D eigenvalue weighted by Gasteiger charge is 2.27. The van der Waals surface area contributed by atoms with E-state index in [0.717, 1.165) is 31.8 Å². The Bertz CT molecular complexity index is 614. The van der Waals surface area contributed by atoms with Crippen LogP contribution in [0, 0.1) is 0 Å². The van der Waals surface area contributed by atoms with Crippen LogP contribution in [0.3, 0.4) is 0 Å². The van der Waals surface area contributed by atoms with Gasteiger partial charge in [-0.1, -0.05) is 0 Å². The molecule has 25 heavy (non-hydrogen) atoms. The Hall–Kier alpha value is -1.67. The maximum absolute atomic E-state index is 12.4. The third-order valence-electron chi connectivity index (χ3n) is 4.54. The highest BCUT2D eigenvalue weighted by molar-refractivity contribution is 5.78.